The molecule has 8 nitrogen and oxygen atoms in total. The summed E-state index contributed by atoms with van der Waals surface area (Å²) in [4.78, 5) is 15.8. The van der Waals surface area contributed by atoms with Gasteiger partial charge in [-0.3, -0.25) is 0 Å². The number of nitriles is 1. The summed E-state index contributed by atoms with van der Waals surface area (Å²) < 4.78 is 5.47. The number of anilines is 3. The van der Waals surface area contributed by atoms with Gasteiger partial charge in [-0.1, -0.05) is 23.2 Å². The second-order valence-corrected chi connectivity index (χ2v) is 7.90. The zero-order chi connectivity index (χ0) is 22.3. The van der Waals surface area contributed by atoms with Crippen LogP contribution in [-0.4, -0.2) is 54.3 Å². The lowest BCUT2D eigenvalue weighted by Crippen LogP contribution is -2.37. The highest BCUT2D eigenvalue weighted by atomic mass is 35.5. The van der Waals surface area contributed by atoms with Crippen LogP contribution < -0.4 is 15.5 Å². The number of morpholine rings is 1. The van der Waals surface area contributed by atoms with Gasteiger partial charge in [0.15, 0.2) is 5.82 Å². The molecule has 1 aliphatic heterocycles. The largest absolute Gasteiger partial charge is 0.378 e. The minimum Gasteiger partial charge on any atom is -0.378 e. The van der Waals surface area contributed by atoms with Crippen molar-refractivity contribution in [2.24, 2.45) is 0 Å². The molecule has 0 saturated carbocycles. The Morgan fingerprint density at radius 2 is 1.78 bits per heavy atom. The third-order valence-electron chi connectivity index (χ3n) is 4.85. The van der Waals surface area contributed by atoms with E-state index in [1.54, 1.807) is 24.3 Å². The van der Waals surface area contributed by atoms with E-state index in [4.69, 9.17) is 38.2 Å². The van der Waals surface area contributed by atoms with Gasteiger partial charge in [0, 0.05) is 49.0 Å². The molecule has 3 heterocycles. The Bertz CT molecular complexity index is 1110. The Balaban J connectivity index is 1.50. The Hall–Kier alpha value is -3.12. The molecule has 3 aromatic rings. The smallest absolute Gasteiger partial charge is 0.165 e. The first-order valence-corrected chi connectivity index (χ1v) is 10.9. The van der Waals surface area contributed by atoms with Gasteiger partial charge in [-0.25, -0.2) is 15.0 Å². The van der Waals surface area contributed by atoms with Crippen molar-refractivity contribution >= 4 is 40.7 Å². The van der Waals surface area contributed by atoms with Crippen molar-refractivity contribution in [3.63, 3.8) is 0 Å². The molecule has 1 saturated heterocycles. The van der Waals surface area contributed by atoms with E-state index in [9.17, 15) is 0 Å². The molecule has 0 spiro atoms. The Labute approximate surface area is 196 Å². The molecule has 164 valence electrons. The summed E-state index contributed by atoms with van der Waals surface area (Å²) in [6.07, 6.45) is 1.54. The summed E-state index contributed by atoms with van der Waals surface area (Å²) in [6.45, 7) is 4.06. The molecule has 0 bridgehead atoms. The maximum absolute atomic E-state index is 8.86. The number of nitrogens with one attached hydrogen (secondary N) is 2. The van der Waals surface area contributed by atoms with Gasteiger partial charge >= 0.3 is 0 Å². The fourth-order valence-electron chi connectivity index (χ4n) is 3.22. The number of pyridine rings is 1. The zero-order valence-electron chi connectivity index (χ0n) is 17.2. The van der Waals surface area contributed by atoms with Gasteiger partial charge in [0.25, 0.3) is 0 Å². The minimum absolute atomic E-state index is 0.496. The number of nitrogens with zero attached hydrogens (tertiary/aromatic N) is 5. The summed E-state index contributed by atoms with van der Waals surface area (Å²) in [5.74, 6) is 2.74. The minimum atomic E-state index is 0.496. The van der Waals surface area contributed by atoms with Crippen molar-refractivity contribution in [3.8, 4) is 17.5 Å². The number of halogens is 2. The van der Waals surface area contributed by atoms with E-state index in [-0.39, 0.29) is 0 Å². The Kier molecular flexibility index (Phi) is 7.22. The first-order chi connectivity index (χ1) is 15.6. The summed E-state index contributed by atoms with van der Waals surface area (Å²) in [5, 5.41) is 16.5. The van der Waals surface area contributed by atoms with Crippen LogP contribution in [0.1, 0.15) is 5.56 Å². The number of hydrogen-bond donors (Lipinski definition) is 2. The maximum Gasteiger partial charge on any atom is 0.165 e. The van der Waals surface area contributed by atoms with Crippen molar-refractivity contribution in [3.05, 3.63) is 58.2 Å². The first kappa shape index (κ1) is 22.1. The number of aromatic nitrogens is 3. The molecule has 0 radical (unpaired) electrons. The summed E-state index contributed by atoms with van der Waals surface area (Å²) in [5.41, 5.74) is 1.24. The van der Waals surface area contributed by atoms with Crippen LogP contribution in [0.25, 0.3) is 11.4 Å². The second-order valence-electron chi connectivity index (χ2n) is 7.06. The molecule has 4 rings (SSSR count). The van der Waals surface area contributed by atoms with Gasteiger partial charge in [-0.05, 0) is 30.3 Å². The summed E-state index contributed by atoms with van der Waals surface area (Å²) in [7, 11) is 0. The maximum atomic E-state index is 8.86. The normalized spacial score (nSPS) is 13.5. The molecule has 0 unspecified atom stereocenters. The van der Waals surface area contributed by atoms with Crippen LogP contribution in [0.4, 0.5) is 17.5 Å². The van der Waals surface area contributed by atoms with Crippen LogP contribution in [0.3, 0.4) is 0 Å². The van der Waals surface area contributed by atoms with Crippen LogP contribution in [0, 0.1) is 11.3 Å². The van der Waals surface area contributed by atoms with E-state index in [0.29, 0.717) is 64.9 Å². The molecule has 0 amide bonds. The molecule has 32 heavy (non-hydrogen) atoms. The van der Waals surface area contributed by atoms with Gasteiger partial charge in [0.2, 0.25) is 0 Å². The summed E-state index contributed by atoms with van der Waals surface area (Å²) >= 11 is 12.5. The predicted octanol–water partition coefficient (Wildman–Crippen LogP) is 4.08. The third-order valence-corrected chi connectivity index (χ3v) is 5.40. The Morgan fingerprint density at radius 3 is 2.47 bits per heavy atom. The van der Waals surface area contributed by atoms with Crippen LogP contribution >= 0.6 is 23.2 Å². The molecule has 0 atom stereocenters. The van der Waals surface area contributed by atoms with Crippen molar-refractivity contribution < 1.29 is 4.74 Å². The molecular weight excluding hydrogens is 449 g/mol. The predicted molar refractivity (Wildman–Crippen MR) is 126 cm³/mol. The van der Waals surface area contributed by atoms with Crippen LogP contribution in [0.5, 0.6) is 0 Å². The molecule has 1 aromatic carbocycles. The fraction of sp³-hybridized carbons (Fsp3) is 0.273. The van der Waals surface area contributed by atoms with Crippen LogP contribution in [0.15, 0.2) is 42.6 Å². The molecule has 1 fully saturated rings. The second kappa shape index (κ2) is 10.5. The quantitative estimate of drug-likeness (QED) is 0.499. The van der Waals surface area contributed by atoms with E-state index in [1.807, 2.05) is 12.1 Å². The SMILES string of the molecule is N#Cc1ccc(NCCNc2cc(N3CCOCC3)nc(-c3ccc(Cl)cc3Cl)n2)nc1. The third kappa shape index (κ3) is 5.56. The van der Waals surface area contributed by atoms with E-state index in [2.05, 4.69) is 31.6 Å². The lowest BCUT2D eigenvalue weighted by Gasteiger charge is -2.28. The lowest BCUT2D eigenvalue weighted by atomic mass is 10.2. The van der Waals surface area contributed by atoms with Crippen molar-refractivity contribution in [1.82, 2.24) is 15.0 Å². The highest BCUT2D eigenvalue weighted by Gasteiger charge is 2.17. The van der Waals surface area contributed by atoms with Gasteiger partial charge in [0.05, 0.1) is 23.8 Å². The first-order valence-electron chi connectivity index (χ1n) is 10.1. The van der Waals surface area contributed by atoms with Crippen LogP contribution in [0.2, 0.25) is 10.0 Å². The monoisotopic (exact) mass is 469 g/mol. The van der Waals surface area contributed by atoms with E-state index < -0.39 is 0 Å². The van der Waals surface area contributed by atoms with Crippen LogP contribution in [-0.2, 0) is 4.74 Å². The molecular formula is C22H21Cl2N7O. The van der Waals surface area contributed by atoms with Gasteiger partial charge < -0.3 is 20.3 Å². The van der Waals surface area contributed by atoms with Gasteiger partial charge in [0.1, 0.15) is 23.5 Å². The zero-order valence-corrected chi connectivity index (χ0v) is 18.7. The summed E-state index contributed by atoms with van der Waals surface area (Å²) in [6, 6.07) is 12.8. The fourth-order valence-corrected chi connectivity index (χ4v) is 3.71. The molecule has 1 aliphatic rings. The van der Waals surface area contributed by atoms with Crippen molar-refractivity contribution in [2.75, 3.05) is 54.9 Å². The molecule has 2 aromatic heterocycles. The lowest BCUT2D eigenvalue weighted by molar-refractivity contribution is 0.122. The number of ether oxygens (including phenoxy) is 1. The molecule has 0 aliphatic carbocycles. The molecule has 10 heteroatoms. The molecule has 2 N–H and O–H groups in total. The average Bonchev–Trinajstić information content (AvgIpc) is 2.82. The topological polar surface area (TPSA) is 99.0 Å². The average molecular weight is 470 g/mol. The standard InChI is InChI=1S/C22H21Cl2N7O/c23-16-2-3-17(18(24)11-16)22-29-20(12-21(30-22)31-7-9-32-10-8-31)27-6-5-26-19-4-1-15(13-25)14-28-19/h1-4,11-12,14H,5-10H2,(H,26,28)(H,27,29,30). The van der Waals surface area contributed by atoms with Gasteiger partial charge in [-0.15, -0.1) is 0 Å². The highest BCUT2D eigenvalue weighted by molar-refractivity contribution is 6.36. The van der Waals surface area contributed by atoms with E-state index in [0.717, 1.165) is 18.9 Å². The van der Waals surface area contributed by atoms with Gasteiger partial charge in [-0.2, -0.15) is 5.26 Å². The van der Waals surface area contributed by atoms with E-state index >= 15 is 0 Å². The van der Waals surface area contributed by atoms with Crippen molar-refractivity contribution in [1.29, 1.82) is 5.26 Å². The number of rotatable bonds is 7. The van der Waals surface area contributed by atoms with E-state index in [1.165, 1.54) is 6.20 Å². The number of benzene rings is 1. The van der Waals surface area contributed by atoms with Crippen molar-refractivity contribution in [2.45, 2.75) is 0 Å². The Morgan fingerprint density at radius 1 is 1.00 bits per heavy atom. The number of hydrogen-bond acceptors (Lipinski definition) is 8. The highest BCUT2D eigenvalue weighted by Crippen LogP contribution is 2.30.